The summed E-state index contributed by atoms with van der Waals surface area (Å²) in [7, 11) is 1.37. The first-order valence-corrected chi connectivity index (χ1v) is 5.60. The van der Waals surface area contributed by atoms with E-state index in [4.69, 9.17) is 0 Å². The highest BCUT2D eigenvalue weighted by molar-refractivity contribution is 5.84. The van der Waals surface area contributed by atoms with E-state index in [1.54, 1.807) is 0 Å². The van der Waals surface area contributed by atoms with Crippen LogP contribution in [-0.4, -0.2) is 24.7 Å². The summed E-state index contributed by atoms with van der Waals surface area (Å²) in [5.74, 6) is 0. The van der Waals surface area contributed by atoms with Crippen molar-refractivity contribution in [1.82, 2.24) is 10.3 Å². The number of carbonyl (C=O) groups is 1. The third-order valence-corrected chi connectivity index (χ3v) is 2.86. The molecule has 1 amide bonds. The van der Waals surface area contributed by atoms with Crippen molar-refractivity contribution in [3.05, 3.63) is 35.5 Å². The Hall–Kier alpha value is -1.97. The Morgan fingerprint density at radius 1 is 1.41 bits per heavy atom. The quantitative estimate of drug-likeness (QED) is 0.853. The van der Waals surface area contributed by atoms with Crippen molar-refractivity contribution in [3.8, 4) is 0 Å². The highest BCUT2D eigenvalue weighted by Gasteiger charge is 2.07. The number of alkyl carbamates (subject to hydrolysis) is 1. The number of methoxy groups -OCH3 is 1. The molecule has 0 unspecified atom stereocenters. The van der Waals surface area contributed by atoms with Gasteiger partial charge < -0.3 is 15.0 Å². The molecule has 17 heavy (non-hydrogen) atoms. The predicted molar refractivity (Wildman–Crippen MR) is 67.1 cm³/mol. The van der Waals surface area contributed by atoms with Crippen LogP contribution in [0, 0.1) is 6.92 Å². The minimum absolute atomic E-state index is 0.387. The molecule has 4 heteroatoms. The number of fused-ring (bicyclic) bond motifs is 1. The minimum Gasteiger partial charge on any atom is -0.453 e. The van der Waals surface area contributed by atoms with Crippen molar-refractivity contribution in [3.63, 3.8) is 0 Å². The van der Waals surface area contributed by atoms with Crippen LogP contribution in [0.15, 0.2) is 24.3 Å². The number of H-pyrrole nitrogens is 1. The Morgan fingerprint density at radius 2 is 2.18 bits per heavy atom. The van der Waals surface area contributed by atoms with E-state index in [1.807, 2.05) is 19.1 Å². The van der Waals surface area contributed by atoms with E-state index >= 15 is 0 Å². The van der Waals surface area contributed by atoms with Crippen molar-refractivity contribution >= 4 is 17.0 Å². The van der Waals surface area contributed by atoms with Crippen LogP contribution in [0.2, 0.25) is 0 Å². The maximum absolute atomic E-state index is 10.9. The Morgan fingerprint density at radius 3 is 2.94 bits per heavy atom. The fraction of sp³-hybridized carbons (Fsp3) is 0.308. The van der Waals surface area contributed by atoms with Gasteiger partial charge in [-0.05, 0) is 25.0 Å². The van der Waals surface area contributed by atoms with E-state index in [2.05, 4.69) is 27.2 Å². The van der Waals surface area contributed by atoms with E-state index < -0.39 is 0 Å². The summed E-state index contributed by atoms with van der Waals surface area (Å²) in [5, 5.41) is 3.91. The van der Waals surface area contributed by atoms with Gasteiger partial charge in [0, 0.05) is 23.1 Å². The average Bonchev–Trinajstić information content (AvgIpc) is 2.66. The zero-order valence-corrected chi connectivity index (χ0v) is 10.0. The lowest BCUT2D eigenvalue weighted by molar-refractivity contribution is 0.171. The highest BCUT2D eigenvalue weighted by Crippen LogP contribution is 2.21. The number of aryl methyl sites for hydroxylation is 1. The largest absolute Gasteiger partial charge is 0.453 e. The molecule has 0 aliphatic carbocycles. The van der Waals surface area contributed by atoms with Crippen molar-refractivity contribution in [2.45, 2.75) is 13.3 Å². The lowest BCUT2D eigenvalue weighted by Crippen LogP contribution is -2.25. The molecule has 0 fully saturated rings. The normalized spacial score (nSPS) is 10.5. The second kappa shape index (κ2) is 4.91. The number of nitrogens with one attached hydrogen (secondary N) is 2. The molecule has 0 aliphatic heterocycles. The Kier molecular flexibility index (Phi) is 3.32. The van der Waals surface area contributed by atoms with Gasteiger partial charge >= 0.3 is 6.09 Å². The summed E-state index contributed by atoms with van der Waals surface area (Å²) in [6.07, 6.45) is 0.410. The van der Waals surface area contributed by atoms with Crippen molar-refractivity contribution in [2.24, 2.45) is 0 Å². The number of amides is 1. The number of carbonyl (C=O) groups excluding carboxylic acids is 1. The molecule has 1 aromatic carbocycles. The van der Waals surface area contributed by atoms with Crippen molar-refractivity contribution in [2.75, 3.05) is 13.7 Å². The van der Waals surface area contributed by atoms with Crippen LogP contribution in [0.25, 0.3) is 10.9 Å². The second-order valence-electron chi connectivity index (χ2n) is 3.94. The van der Waals surface area contributed by atoms with Gasteiger partial charge in [0.15, 0.2) is 0 Å². The van der Waals surface area contributed by atoms with Crippen LogP contribution >= 0.6 is 0 Å². The standard InChI is InChI=1S/C13H16N2O2/c1-9-10(7-8-14-13(16)17-2)11-5-3-4-6-12(11)15-9/h3-6,15H,7-8H2,1-2H3,(H,14,16). The fourth-order valence-electron chi connectivity index (χ4n) is 2.02. The molecule has 1 aromatic heterocycles. The molecule has 2 aromatic rings. The molecule has 0 saturated carbocycles. The van der Waals surface area contributed by atoms with Gasteiger partial charge in [-0.15, -0.1) is 0 Å². The van der Waals surface area contributed by atoms with Gasteiger partial charge in [-0.2, -0.15) is 0 Å². The van der Waals surface area contributed by atoms with E-state index in [1.165, 1.54) is 18.1 Å². The number of benzene rings is 1. The summed E-state index contributed by atoms with van der Waals surface area (Å²) < 4.78 is 4.53. The van der Waals surface area contributed by atoms with Gasteiger partial charge in [0.1, 0.15) is 0 Å². The molecule has 1 heterocycles. The molecule has 4 nitrogen and oxygen atoms in total. The maximum atomic E-state index is 10.9. The number of aromatic nitrogens is 1. The summed E-state index contributed by atoms with van der Waals surface area (Å²) in [6, 6.07) is 8.17. The van der Waals surface area contributed by atoms with Crippen LogP contribution in [0.5, 0.6) is 0 Å². The van der Waals surface area contributed by atoms with Gasteiger partial charge in [0.2, 0.25) is 0 Å². The summed E-state index contributed by atoms with van der Waals surface area (Å²) >= 11 is 0. The molecule has 0 saturated heterocycles. The second-order valence-corrected chi connectivity index (χ2v) is 3.94. The van der Waals surface area contributed by atoms with Gasteiger partial charge in [-0.1, -0.05) is 18.2 Å². The van der Waals surface area contributed by atoms with Crippen LogP contribution in [0.4, 0.5) is 4.79 Å². The Balaban J connectivity index is 2.12. The number of para-hydroxylation sites is 1. The van der Waals surface area contributed by atoms with Crippen molar-refractivity contribution < 1.29 is 9.53 Å². The molecule has 0 spiro atoms. The monoisotopic (exact) mass is 232 g/mol. The summed E-state index contributed by atoms with van der Waals surface area (Å²) in [6.45, 7) is 2.63. The molecule has 0 aliphatic rings. The SMILES string of the molecule is COC(=O)NCCc1c(C)[nH]c2ccccc12. The Bertz CT molecular complexity index is 531. The molecule has 0 atom stereocenters. The van der Waals surface area contributed by atoms with Crippen LogP contribution in [0.3, 0.4) is 0 Å². The minimum atomic E-state index is -0.387. The molecular weight excluding hydrogens is 216 g/mol. The fourth-order valence-corrected chi connectivity index (χ4v) is 2.02. The zero-order chi connectivity index (χ0) is 12.3. The Labute approximate surface area is 100.0 Å². The van der Waals surface area contributed by atoms with Crippen LogP contribution < -0.4 is 5.32 Å². The number of hydrogen-bond donors (Lipinski definition) is 2. The maximum Gasteiger partial charge on any atom is 0.406 e. The molecule has 0 radical (unpaired) electrons. The third-order valence-electron chi connectivity index (χ3n) is 2.86. The first-order valence-electron chi connectivity index (χ1n) is 5.60. The topological polar surface area (TPSA) is 54.1 Å². The summed E-state index contributed by atoms with van der Waals surface area (Å²) in [5.41, 5.74) is 3.54. The van der Waals surface area contributed by atoms with E-state index in [-0.39, 0.29) is 6.09 Å². The lowest BCUT2D eigenvalue weighted by atomic mass is 10.1. The van der Waals surface area contributed by atoms with Crippen molar-refractivity contribution in [1.29, 1.82) is 0 Å². The van der Waals surface area contributed by atoms with Gasteiger partial charge in [0.25, 0.3) is 0 Å². The van der Waals surface area contributed by atoms with Crippen LogP contribution in [-0.2, 0) is 11.2 Å². The zero-order valence-electron chi connectivity index (χ0n) is 10.0. The smallest absolute Gasteiger partial charge is 0.406 e. The number of aromatic amines is 1. The molecular formula is C13H16N2O2. The van der Waals surface area contributed by atoms with Crippen LogP contribution in [0.1, 0.15) is 11.3 Å². The van der Waals surface area contributed by atoms with Gasteiger partial charge in [-0.3, -0.25) is 0 Å². The van der Waals surface area contributed by atoms with E-state index in [0.717, 1.165) is 17.6 Å². The molecule has 2 N–H and O–H groups in total. The lowest BCUT2D eigenvalue weighted by Gasteiger charge is -2.04. The number of ether oxygens (including phenoxy) is 1. The highest BCUT2D eigenvalue weighted by atomic mass is 16.5. The molecule has 2 rings (SSSR count). The van der Waals surface area contributed by atoms with Gasteiger partial charge in [-0.25, -0.2) is 4.79 Å². The number of rotatable bonds is 3. The first kappa shape index (κ1) is 11.5. The van der Waals surface area contributed by atoms with E-state index in [9.17, 15) is 4.79 Å². The summed E-state index contributed by atoms with van der Waals surface area (Å²) in [4.78, 5) is 14.3. The third kappa shape index (κ3) is 2.41. The van der Waals surface area contributed by atoms with E-state index in [0.29, 0.717) is 6.54 Å². The molecule has 90 valence electrons. The predicted octanol–water partition coefficient (Wildman–Crippen LogP) is 2.37. The molecule has 0 bridgehead atoms. The van der Waals surface area contributed by atoms with Gasteiger partial charge in [0.05, 0.1) is 7.11 Å². The first-order chi connectivity index (χ1) is 8.22. The average molecular weight is 232 g/mol. The number of hydrogen-bond acceptors (Lipinski definition) is 2.